The Kier molecular flexibility index (Phi) is 4.69. The molecule has 1 aromatic rings. The van der Waals surface area contributed by atoms with Crippen LogP contribution in [0.2, 0.25) is 0 Å². The fourth-order valence-electron chi connectivity index (χ4n) is 1.26. The van der Waals surface area contributed by atoms with Crippen LogP contribution in [0.1, 0.15) is 33.3 Å². The predicted molar refractivity (Wildman–Crippen MR) is 79.4 cm³/mol. The van der Waals surface area contributed by atoms with Gasteiger partial charge in [-0.25, -0.2) is 0 Å². The number of rotatable bonds is 2. The Labute approximate surface area is 114 Å². The minimum absolute atomic E-state index is 0.125. The molecule has 2 N–H and O–H groups in total. The first-order chi connectivity index (χ1) is 8.34. The zero-order valence-electron chi connectivity index (χ0n) is 11.2. The summed E-state index contributed by atoms with van der Waals surface area (Å²) < 4.78 is 0. The van der Waals surface area contributed by atoms with E-state index in [9.17, 15) is 0 Å². The highest BCUT2D eigenvalue weighted by molar-refractivity contribution is 7.80. The second-order valence-corrected chi connectivity index (χ2v) is 5.75. The van der Waals surface area contributed by atoms with Crippen LogP contribution in [0.25, 0.3) is 0 Å². The molecule has 1 atom stereocenters. The van der Waals surface area contributed by atoms with Crippen molar-refractivity contribution in [3.05, 3.63) is 29.8 Å². The molecule has 96 valence electrons. The quantitative estimate of drug-likeness (QED) is 0.802. The van der Waals surface area contributed by atoms with Gasteiger partial charge in [-0.3, -0.25) is 0 Å². The standard InChI is InChI=1S/C14H19N3S/c1-10(14(2,3)4)16-13(18)17-12-8-6-5-7-11(12)9-15/h5-8,10H,1-4H3,(H2,16,17,18). The smallest absolute Gasteiger partial charge is 0.171 e. The molecule has 1 unspecified atom stereocenters. The summed E-state index contributed by atoms with van der Waals surface area (Å²) >= 11 is 5.26. The highest BCUT2D eigenvalue weighted by Gasteiger charge is 2.20. The van der Waals surface area contributed by atoms with Crippen molar-refractivity contribution in [3.63, 3.8) is 0 Å². The van der Waals surface area contributed by atoms with E-state index in [0.717, 1.165) is 5.69 Å². The Morgan fingerprint density at radius 1 is 1.33 bits per heavy atom. The van der Waals surface area contributed by atoms with Gasteiger partial charge >= 0.3 is 0 Å². The number of hydrogen-bond donors (Lipinski definition) is 2. The van der Waals surface area contributed by atoms with Crippen LogP contribution in [0, 0.1) is 16.7 Å². The van der Waals surface area contributed by atoms with Gasteiger partial charge in [-0.05, 0) is 36.7 Å². The van der Waals surface area contributed by atoms with Crippen LogP contribution in [0.3, 0.4) is 0 Å². The lowest BCUT2D eigenvalue weighted by Gasteiger charge is -2.29. The maximum absolute atomic E-state index is 8.99. The van der Waals surface area contributed by atoms with Gasteiger partial charge in [-0.2, -0.15) is 5.26 Å². The summed E-state index contributed by atoms with van der Waals surface area (Å²) in [6.45, 7) is 8.54. The molecule has 4 heteroatoms. The number of anilines is 1. The van der Waals surface area contributed by atoms with Crippen molar-refractivity contribution in [1.82, 2.24) is 5.32 Å². The molecule has 0 aliphatic carbocycles. The van der Waals surface area contributed by atoms with Crippen molar-refractivity contribution in [3.8, 4) is 6.07 Å². The average Bonchev–Trinajstić information content (AvgIpc) is 2.28. The third-order valence-electron chi connectivity index (χ3n) is 2.94. The van der Waals surface area contributed by atoms with Gasteiger partial charge in [-0.1, -0.05) is 32.9 Å². The third kappa shape index (κ3) is 4.01. The minimum Gasteiger partial charge on any atom is -0.359 e. The van der Waals surface area contributed by atoms with Crippen molar-refractivity contribution < 1.29 is 0 Å². The second kappa shape index (κ2) is 5.83. The zero-order chi connectivity index (χ0) is 13.8. The zero-order valence-corrected chi connectivity index (χ0v) is 12.1. The van der Waals surface area contributed by atoms with E-state index in [1.807, 2.05) is 18.2 Å². The molecule has 0 radical (unpaired) electrons. The summed E-state index contributed by atoms with van der Waals surface area (Å²) in [4.78, 5) is 0. The summed E-state index contributed by atoms with van der Waals surface area (Å²) in [6, 6.07) is 9.69. The molecule has 0 bridgehead atoms. The topological polar surface area (TPSA) is 47.8 Å². The molecule has 0 spiro atoms. The molecule has 0 amide bonds. The number of thiocarbonyl (C=S) groups is 1. The van der Waals surface area contributed by atoms with E-state index >= 15 is 0 Å². The second-order valence-electron chi connectivity index (χ2n) is 5.34. The van der Waals surface area contributed by atoms with E-state index < -0.39 is 0 Å². The molecule has 18 heavy (non-hydrogen) atoms. The van der Waals surface area contributed by atoms with Crippen LogP contribution < -0.4 is 10.6 Å². The lowest BCUT2D eigenvalue weighted by atomic mass is 9.88. The number of benzene rings is 1. The SMILES string of the molecule is CC(NC(=S)Nc1ccccc1C#N)C(C)(C)C. The normalized spacial score (nSPS) is 12.4. The average molecular weight is 261 g/mol. The molecule has 1 aromatic carbocycles. The van der Waals surface area contributed by atoms with Gasteiger partial charge in [0, 0.05) is 6.04 Å². The Bertz CT molecular complexity index is 469. The van der Waals surface area contributed by atoms with E-state index in [2.05, 4.69) is 44.4 Å². The molecule has 0 saturated heterocycles. The molecule has 3 nitrogen and oxygen atoms in total. The van der Waals surface area contributed by atoms with Gasteiger partial charge in [-0.15, -0.1) is 0 Å². The molecule has 0 saturated carbocycles. The van der Waals surface area contributed by atoms with Crippen molar-refractivity contribution in [1.29, 1.82) is 5.26 Å². The van der Waals surface area contributed by atoms with Gasteiger partial charge in [0.25, 0.3) is 0 Å². The molecule has 0 heterocycles. The molecule has 0 fully saturated rings. The van der Waals surface area contributed by atoms with Crippen LogP contribution in [0.5, 0.6) is 0 Å². The Morgan fingerprint density at radius 3 is 2.50 bits per heavy atom. The first-order valence-corrected chi connectivity index (χ1v) is 6.32. The van der Waals surface area contributed by atoms with Crippen LogP contribution >= 0.6 is 12.2 Å². The van der Waals surface area contributed by atoms with Crippen molar-refractivity contribution >= 4 is 23.0 Å². The first-order valence-electron chi connectivity index (χ1n) is 5.91. The summed E-state index contributed by atoms with van der Waals surface area (Å²) in [6.07, 6.45) is 0. The van der Waals surface area contributed by atoms with E-state index in [1.165, 1.54) is 0 Å². The molecule has 1 rings (SSSR count). The lowest BCUT2D eigenvalue weighted by Crippen LogP contribution is -2.43. The Balaban J connectivity index is 2.69. The van der Waals surface area contributed by atoms with Gasteiger partial charge in [0.05, 0.1) is 11.3 Å². The molecular weight excluding hydrogens is 242 g/mol. The van der Waals surface area contributed by atoms with Crippen LogP contribution in [-0.4, -0.2) is 11.2 Å². The van der Waals surface area contributed by atoms with Gasteiger partial charge in [0.15, 0.2) is 5.11 Å². The van der Waals surface area contributed by atoms with Gasteiger partial charge in [0.1, 0.15) is 6.07 Å². The molecule has 0 aromatic heterocycles. The summed E-state index contributed by atoms with van der Waals surface area (Å²) in [5.74, 6) is 0. The Hall–Kier alpha value is -1.60. The van der Waals surface area contributed by atoms with Gasteiger partial charge in [0.2, 0.25) is 0 Å². The maximum atomic E-state index is 8.99. The van der Waals surface area contributed by atoms with E-state index in [-0.39, 0.29) is 11.5 Å². The number of nitrogens with zero attached hydrogens (tertiary/aromatic N) is 1. The minimum atomic E-state index is 0.125. The molecule has 0 aliphatic rings. The summed E-state index contributed by atoms with van der Waals surface area (Å²) in [5, 5.41) is 15.8. The first kappa shape index (κ1) is 14.5. The number of nitriles is 1. The van der Waals surface area contributed by atoms with Crippen molar-refractivity contribution in [2.45, 2.75) is 33.7 Å². The van der Waals surface area contributed by atoms with Crippen LogP contribution in [0.15, 0.2) is 24.3 Å². The highest BCUT2D eigenvalue weighted by Crippen LogP contribution is 2.19. The summed E-state index contributed by atoms with van der Waals surface area (Å²) in [7, 11) is 0. The predicted octanol–water partition coefficient (Wildman–Crippen LogP) is 3.28. The number of para-hydroxylation sites is 1. The van der Waals surface area contributed by atoms with Gasteiger partial charge < -0.3 is 10.6 Å². The number of hydrogen-bond acceptors (Lipinski definition) is 2. The van der Waals surface area contributed by atoms with Crippen LogP contribution in [0.4, 0.5) is 5.69 Å². The van der Waals surface area contributed by atoms with E-state index in [1.54, 1.807) is 6.07 Å². The van der Waals surface area contributed by atoms with E-state index in [4.69, 9.17) is 17.5 Å². The van der Waals surface area contributed by atoms with Crippen molar-refractivity contribution in [2.24, 2.45) is 5.41 Å². The molecule has 0 aliphatic heterocycles. The number of nitrogens with one attached hydrogen (secondary N) is 2. The van der Waals surface area contributed by atoms with Crippen LogP contribution in [-0.2, 0) is 0 Å². The monoisotopic (exact) mass is 261 g/mol. The highest BCUT2D eigenvalue weighted by atomic mass is 32.1. The lowest BCUT2D eigenvalue weighted by molar-refractivity contribution is 0.317. The Morgan fingerprint density at radius 2 is 1.94 bits per heavy atom. The van der Waals surface area contributed by atoms with E-state index in [0.29, 0.717) is 10.7 Å². The summed E-state index contributed by atoms with van der Waals surface area (Å²) in [5.41, 5.74) is 1.45. The molecular formula is C14H19N3S. The maximum Gasteiger partial charge on any atom is 0.171 e. The largest absolute Gasteiger partial charge is 0.359 e. The fourth-order valence-corrected chi connectivity index (χ4v) is 1.55. The van der Waals surface area contributed by atoms with Crippen molar-refractivity contribution in [2.75, 3.05) is 5.32 Å². The third-order valence-corrected chi connectivity index (χ3v) is 3.16. The fraction of sp³-hybridized carbons (Fsp3) is 0.429.